The number of hydrogen-bond acceptors (Lipinski definition) is 2. The standard InChI is InChI=1S/C66H38O2/c1-5-19-47-43(15-1)61(44-16-2-6-20-48(44)63(47)53-25-13-29-59-65(53)51-23-9-11-27-57(51)67-59)41-35-33-39-31-32-40-34-36-42(38-56(40)55(39)37-41)62-45-17-3-7-21-49(45)64(50-22-8-4-18-46(50)62)54-26-14-30-60-66(54)52-24-10-12-28-58(52)68-60/h1-38H. The van der Waals surface area contributed by atoms with Gasteiger partial charge in [0.15, 0.2) is 0 Å². The summed E-state index contributed by atoms with van der Waals surface area (Å²) >= 11 is 0. The van der Waals surface area contributed by atoms with Crippen molar-refractivity contribution in [3.8, 4) is 44.5 Å². The smallest absolute Gasteiger partial charge is 0.136 e. The first kappa shape index (κ1) is 37.3. The summed E-state index contributed by atoms with van der Waals surface area (Å²) in [6.45, 7) is 0. The van der Waals surface area contributed by atoms with Crippen LogP contribution in [-0.4, -0.2) is 0 Å². The Morgan fingerprint density at radius 2 is 0.500 bits per heavy atom. The normalized spacial score (nSPS) is 12.1. The highest BCUT2D eigenvalue weighted by Crippen LogP contribution is 2.50. The van der Waals surface area contributed by atoms with E-state index < -0.39 is 0 Å². The van der Waals surface area contributed by atoms with Gasteiger partial charge in [-0.2, -0.15) is 0 Å². The van der Waals surface area contributed by atoms with Crippen LogP contribution in [0, 0.1) is 0 Å². The molecule has 0 bridgehead atoms. The number of hydrogen-bond donors (Lipinski definition) is 0. The highest BCUT2D eigenvalue weighted by atomic mass is 16.3. The molecule has 0 fully saturated rings. The maximum Gasteiger partial charge on any atom is 0.136 e. The lowest BCUT2D eigenvalue weighted by molar-refractivity contribution is 0.668. The molecule has 15 aromatic rings. The lowest BCUT2D eigenvalue weighted by Crippen LogP contribution is -1.92. The van der Waals surface area contributed by atoms with Crippen LogP contribution in [-0.2, 0) is 0 Å². The Morgan fingerprint density at radius 1 is 0.206 bits per heavy atom. The molecule has 2 aromatic heterocycles. The Labute approximate surface area is 390 Å². The van der Waals surface area contributed by atoms with Gasteiger partial charge in [0.05, 0.1) is 0 Å². The molecule has 2 nitrogen and oxygen atoms in total. The van der Waals surface area contributed by atoms with Gasteiger partial charge in [-0.05, 0) is 146 Å². The van der Waals surface area contributed by atoms with E-state index in [2.05, 4.69) is 218 Å². The van der Waals surface area contributed by atoms with Crippen LogP contribution in [0.5, 0.6) is 0 Å². The van der Waals surface area contributed by atoms with Crippen LogP contribution in [0.2, 0.25) is 0 Å². The zero-order valence-electron chi connectivity index (χ0n) is 36.8. The first-order valence-electron chi connectivity index (χ1n) is 23.4. The second kappa shape index (κ2) is 14.3. The molecule has 2 heteroatoms. The van der Waals surface area contributed by atoms with Gasteiger partial charge in [0.2, 0.25) is 0 Å². The number of para-hydroxylation sites is 2. The molecule has 0 unspecified atom stereocenters. The van der Waals surface area contributed by atoms with E-state index in [-0.39, 0.29) is 0 Å². The molecule has 15 rings (SSSR count). The van der Waals surface area contributed by atoms with Gasteiger partial charge < -0.3 is 8.83 Å². The van der Waals surface area contributed by atoms with Crippen molar-refractivity contribution < 1.29 is 8.83 Å². The fourth-order valence-electron chi connectivity index (χ4n) is 11.8. The van der Waals surface area contributed by atoms with Crippen LogP contribution in [0.1, 0.15) is 0 Å². The average molecular weight is 863 g/mol. The van der Waals surface area contributed by atoms with E-state index in [1.165, 1.54) is 109 Å². The summed E-state index contributed by atoms with van der Waals surface area (Å²) in [7, 11) is 0. The summed E-state index contributed by atoms with van der Waals surface area (Å²) in [6.07, 6.45) is 0. The van der Waals surface area contributed by atoms with E-state index in [1.54, 1.807) is 0 Å². The van der Waals surface area contributed by atoms with E-state index in [0.29, 0.717) is 0 Å². The second-order valence-electron chi connectivity index (χ2n) is 18.2. The van der Waals surface area contributed by atoms with Gasteiger partial charge in [-0.15, -0.1) is 0 Å². The fraction of sp³-hybridized carbons (Fsp3) is 0. The quantitative estimate of drug-likeness (QED) is 0.130. The third-order valence-electron chi connectivity index (χ3n) is 14.6. The van der Waals surface area contributed by atoms with E-state index in [4.69, 9.17) is 8.83 Å². The predicted octanol–water partition coefficient (Wildman–Crippen LogP) is 19.1. The molecule has 0 atom stereocenters. The zero-order chi connectivity index (χ0) is 44.5. The molecule has 13 aromatic carbocycles. The minimum atomic E-state index is 0.902. The summed E-state index contributed by atoms with van der Waals surface area (Å²) in [5, 5.41) is 19.3. The van der Waals surface area contributed by atoms with Gasteiger partial charge >= 0.3 is 0 Å². The molecule has 0 aliphatic rings. The number of fused-ring (bicyclic) bond motifs is 13. The molecular weight excluding hydrogens is 825 g/mol. The van der Waals surface area contributed by atoms with Crippen LogP contribution < -0.4 is 0 Å². The van der Waals surface area contributed by atoms with Crippen molar-refractivity contribution in [2.24, 2.45) is 0 Å². The Kier molecular flexibility index (Phi) is 7.81. The molecule has 2 heterocycles. The molecule has 68 heavy (non-hydrogen) atoms. The molecule has 314 valence electrons. The zero-order valence-corrected chi connectivity index (χ0v) is 36.8. The molecule has 0 spiro atoms. The van der Waals surface area contributed by atoms with E-state index in [1.807, 2.05) is 12.1 Å². The first-order valence-corrected chi connectivity index (χ1v) is 23.4. The Morgan fingerprint density at radius 3 is 0.868 bits per heavy atom. The van der Waals surface area contributed by atoms with Crippen molar-refractivity contribution in [3.63, 3.8) is 0 Å². The second-order valence-corrected chi connectivity index (χ2v) is 18.2. The van der Waals surface area contributed by atoms with E-state index >= 15 is 0 Å². The van der Waals surface area contributed by atoms with Crippen LogP contribution in [0.4, 0.5) is 0 Å². The lowest BCUT2D eigenvalue weighted by atomic mass is 9.83. The topological polar surface area (TPSA) is 26.3 Å². The Hall–Kier alpha value is -8.98. The van der Waals surface area contributed by atoms with Crippen LogP contribution in [0.15, 0.2) is 239 Å². The minimum Gasteiger partial charge on any atom is -0.456 e. The molecule has 0 saturated heterocycles. The average Bonchev–Trinajstić information content (AvgIpc) is 3.98. The summed E-state index contributed by atoms with van der Waals surface area (Å²) in [6, 6.07) is 84.2. The molecular formula is C66H38O2. The third-order valence-corrected chi connectivity index (χ3v) is 14.6. The lowest BCUT2D eigenvalue weighted by Gasteiger charge is -2.19. The fourth-order valence-corrected chi connectivity index (χ4v) is 11.8. The molecule has 0 aliphatic carbocycles. The summed E-state index contributed by atoms with van der Waals surface area (Å²) in [4.78, 5) is 0. The highest BCUT2D eigenvalue weighted by molar-refractivity contribution is 6.28. The third kappa shape index (κ3) is 5.28. The highest BCUT2D eigenvalue weighted by Gasteiger charge is 2.23. The van der Waals surface area contributed by atoms with E-state index in [0.717, 1.165) is 43.9 Å². The minimum absolute atomic E-state index is 0.902. The molecule has 0 N–H and O–H groups in total. The van der Waals surface area contributed by atoms with Crippen molar-refractivity contribution >= 4 is 109 Å². The van der Waals surface area contributed by atoms with Gasteiger partial charge in [-0.3, -0.25) is 0 Å². The van der Waals surface area contributed by atoms with Gasteiger partial charge in [-0.1, -0.05) is 194 Å². The number of furan rings is 2. The van der Waals surface area contributed by atoms with Crippen molar-refractivity contribution in [1.82, 2.24) is 0 Å². The largest absolute Gasteiger partial charge is 0.456 e. The van der Waals surface area contributed by atoms with Gasteiger partial charge in [0.1, 0.15) is 22.3 Å². The number of benzene rings is 13. The maximum atomic E-state index is 6.43. The van der Waals surface area contributed by atoms with Crippen molar-refractivity contribution in [2.75, 3.05) is 0 Å². The Balaban J connectivity index is 0.968. The molecule has 0 aliphatic heterocycles. The summed E-state index contributed by atoms with van der Waals surface area (Å²) < 4.78 is 12.9. The summed E-state index contributed by atoms with van der Waals surface area (Å²) in [5.74, 6) is 0. The SMILES string of the molecule is c1ccc2c(c1)oc1cccc(-c3c4ccccc4c(-c4ccc5ccc6ccc(-c7c8ccccc8c(-c8cccc9oc%10ccccc%10c89)c8ccccc78)cc6c5c4)c4ccccc34)c12. The van der Waals surface area contributed by atoms with E-state index in [9.17, 15) is 0 Å². The van der Waals surface area contributed by atoms with Crippen molar-refractivity contribution in [2.45, 2.75) is 0 Å². The maximum absolute atomic E-state index is 6.43. The molecule has 0 amide bonds. The predicted molar refractivity (Wildman–Crippen MR) is 288 cm³/mol. The van der Waals surface area contributed by atoms with Crippen LogP contribution in [0.3, 0.4) is 0 Å². The van der Waals surface area contributed by atoms with Crippen LogP contribution in [0.25, 0.3) is 153 Å². The van der Waals surface area contributed by atoms with Gasteiger partial charge in [0, 0.05) is 21.5 Å². The van der Waals surface area contributed by atoms with Crippen molar-refractivity contribution in [1.29, 1.82) is 0 Å². The Bertz CT molecular complexity index is 4210. The summed E-state index contributed by atoms with van der Waals surface area (Å²) in [5.41, 5.74) is 13.3. The first-order chi connectivity index (χ1) is 33.7. The van der Waals surface area contributed by atoms with Crippen LogP contribution >= 0.6 is 0 Å². The monoisotopic (exact) mass is 862 g/mol. The number of rotatable bonds is 4. The van der Waals surface area contributed by atoms with Gasteiger partial charge in [0.25, 0.3) is 0 Å². The van der Waals surface area contributed by atoms with Gasteiger partial charge in [-0.25, -0.2) is 0 Å². The van der Waals surface area contributed by atoms with Crippen molar-refractivity contribution in [3.05, 3.63) is 231 Å². The molecule has 0 saturated carbocycles. The molecule has 0 radical (unpaired) electrons.